The standard InChI is InChI=1S/C22H25N5O2/c1-13-7-15(3)27(26-13)12-21(28)24-11-19-9-18-8-17(5-6-20(18)29-19)22-16(4)23-10-14(2)25-22/h5-8,10,19H,9,11-12H2,1-4H3,(H,24,28)/t19-/m0/s1. The molecule has 1 N–H and O–H groups in total. The highest BCUT2D eigenvalue weighted by molar-refractivity contribution is 5.75. The first-order valence-corrected chi connectivity index (χ1v) is 9.77. The molecule has 150 valence electrons. The van der Waals surface area contributed by atoms with Crippen LogP contribution < -0.4 is 10.1 Å². The fourth-order valence-electron chi connectivity index (χ4n) is 3.65. The van der Waals surface area contributed by atoms with Crippen LogP contribution in [-0.4, -0.2) is 38.3 Å². The molecule has 3 heterocycles. The topological polar surface area (TPSA) is 81.9 Å². The Balaban J connectivity index is 1.38. The summed E-state index contributed by atoms with van der Waals surface area (Å²) >= 11 is 0. The van der Waals surface area contributed by atoms with Gasteiger partial charge in [0.25, 0.3) is 0 Å². The van der Waals surface area contributed by atoms with Crippen LogP contribution in [0.25, 0.3) is 11.3 Å². The second kappa shape index (κ2) is 7.66. The number of hydrogen-bond donors (Lipinski definition) is 1. The van der Waals surface area contributed by atoms with E-state index in [2.05, 4.69) is 26.4 Å². The molecule has 1 atom stereocenters. The van der Waals surface area contributed by atoms with Gasteiger partial charge in [-0.15, -0.1) is 0 Å². The quantitative estimate of drug-likeness (QED) is 0.723. The zero-order valence-corrected chi connectivity index (χ0v) is 17.2. The van der Waals surface area contributed by atoms with Crippen molar-refractivity contribution >= 4 is 5.91 Å². The van der Waals surface area contributed by atoms with Crippen molar-refractivity contribution in [1.29, 1.82) is 0 Å². The molecule has 7 nitrogen and oxygen atoms in total. The van der Waals surface area contributed by atoms with E-state index in [-0.39, 0.29) is 18.6 Å². The molecular weight excluding hydrogens is 366 g/mol. The maximum Gasteiger partial charge on any atom is 0.241 e. The number of amides is 1. The molecule has 7 heteroatoms. The lowest BCUT2D eigenvalue weighted by Crippen LogP contribution is -2.36. The second-order valence-corrected chi connectivity index (χ2v) is 7.60. The van der Waals surface area contributed by atoms with E-state index in [0.29, 0.717) is 6.54 Å². The van der Waals surface area contributed by atoms with Crippen molar-refractivity contribution in [2.24, 2.45) is 0 Å². The third-order valence-corrected chi connectivity index (χ3v) is 5.07. The second-order valence-electron chi connectivity index (χ2n) is 7.60. The highest BCUT2D eigenvalue weighted by Gasteiger charge is 2.24. The molecule has 0 saturated carbocycles. The van der Waals surface area contributed by atoms with Gasteiger partial charge in [0.2, 0.25) is 5.91 Å². The van der Waals surface area contributed by atoms with Gasteiger partial charge >= 0.3 is 0 Å². The Bertz CT molecular complexity index is 1070. The molecule has 1 aliphatic heterocycles. The van der Waals surface area contributed by atoms with Crippen molar-refractivity contribution in [3.8, 4) is 17.0 Å². The summed E-state index contributed by atoms with van der Waals surface area (Å²) in [7, 11) is 0. The number of carbonyl (C=O) groups is 1. The van der Waals surface area contributed by atoms with Crippen molar-refractivity contribution < 1.29 is 9.53 Å². The molecule has 0 spiro atoms. The van der Waals surface area contributed by atoms with Gasteiger partial charge in [-0.25, -0.2) is 4.98 Å². The molecule has 0 unspecified atom stereocenters. The van der Waals surface area contributed by atoms with Gasteiger partial charge in [-0.05, 0) is 57.5 Å². The van der Waals surface area contributed by atoms with Gasteiger partial charge in [-0.1, -0.05) is 0 Å². The summed E-state index contributed by atoms with van der Waals surface area (Å²) < 4.78 is 7.72. The van der Waals surface area contributed by atoms with Crippen molar-refractivity contribution in [3.63, 3.8) is 0 Å². The molecule has 1 aromatic carbocycles. The third kappa shape index (κ3) is 4.13. The predicted octanol–water partition coefficient (Wildman–Crippen LogP) is 2.69. The average Bonchev–Trinajstić information content (AvgIpc) is 3.23. The van der Waals surface area contributed by atoms with E-state index in [1.54, 1.807) is 10.9 Å². The fourth-order valence-corrected chi connectivity index (χ4v) is 3.65. The monoisotopic (exact) mass is 391 g/mol. The number of aryl methyl sites for hydroxylation is 4. The lowest BCUT2D eigenvalue weighted by Gasteiger charge is -2.12. The number of rotatable bonds is 5. The highest BCUT2D eigenvalue weighted by Crippen LogP contribution is 2.33. The maximum absolute atomic E-state index is 12.3. The Labute approximate surface area is 170 Å². The fraction of sp³-hybridized carbons (Fsp3) is 0.364. The number of aromatic nitrogens is 4. The number of carbonyl (C=O) groups excluding carboxylic acids is 1. The number of nitrogens with zero attached hydrogens (tertiary/aromatic N) is 4. The van der Waals surface area contributed by atoms with Crippen molar-refractivity contribution in [3.05, 3.63) is 58.8 Å². The summed E-state index contributed by atoms with van der Waals surface area (Å²) in [5.74, 6) is 0.798. The van der Waals surface area contributed by atoms with E-state index in [4.69, 9.17) is 4.74 Å². The van der Waals surface area contributed by atoms with Gasteiger partial charge in [0.1, 0.15) is 18.4 Å². The Kier molecular flexibility index (Phi) is 5.05. The van der Waals surface area contributed by atoms with Gasteiger partial charge in [-0.2, -0.15) is 5.10 Å². The minimum Gasteiger partial charge on any atom is -0.488 e. The Morgan fingerprint density at radius 2 is 2.03 bits per heavy atom. The molecule has 0 aliphatic carbocycles. The van der Waals surface area contributed by atoms with E-state index in [9.17, 15) is 4.79 Å². The highest BCUT2D eigenvalue weighted by atomic mass is 16.5. The summed E-state index contributed by atoms with van der Waals surface area (Å²) in [5.41, 5.74) is 6.75. The van der Waals surface area contributed by atoms with E-state index in [0.717, 1.165) is 51.8 Å². The predicted molar refractivity (Wildman–Crippen MR) is 110 cm³/mol. The number of nitrogens with one attached hydrogen (secondary N) is 1. The van der Waals surface area contributed by atoms with E-state index >= 15 is 0 Å². The normalized spacial score (nSPS) is 15.1. The molecule has 4 rings (SSSR count). The number of fused-ring (bicyclic) bond motifs is 1. The van der Waals surface area contributed by atoms with Gasteiger partial charge in [0.15, 0.2) is 0 Å². The Morgan fingerprint density at radius 1 is 1.21 bits per heavy atom. The minimum absolute atomic E-state index is 0.0675. The van der Waals surface area contributed by atoms with Crippen LogP contribution in [0, 0.1) is 27.7 Å². The van der Waals surface area contributed by atoms with Gasteiger partial charge in [0.05, 0.1) is 29.3 Å². The van der Waals surface area contributed by atoms with Gasteiger partial charge < -0.3 is 10.1 Å². The van der Waals surface area contributed by atoms with Crippen LogP contribution in [0.1, 0.15) is 28.3 Å². The molecule has 1 aliphatic rings. The van der Waals surface area contributed by atoms with Crippen LogP contribution in [-0.2, 0) is 17.8 Å². The first-order chi connectivity index (χ1) is 13.9. The molecule has 0 bridgehead atoms. The maximum atomic E-state index is 12.3. The summed E-state index contributed by atoms with van der Waals surface area (Å²) in [6, 6.07) is 8.07. The SMILES string of the molecule is Cc1cnc(C)c(-c2ccc3c(c2)C[C@@H](CNC(=O)Cn2nc(C)cc2C)O3)n1. The molecule has 3 aromatic rings. The van der Waals surface area contributed by atoms with Crippen LogP contribution in [0.5, 0.6) is 5.75 Å². The zero-order chi connectivity index (χ0) is 20.5. The molecule has 29 heavy (non-hydrogen) atoms. The van der Waals surface area contributed by atoms with Crippen LogP contribution >= 0.6 is 0 Å². The van der Waals surface area contributed by atoms with E-state index < -0.39 is 0 Å². The summed E-state index contributed by atoms with van der Waals surface area (Å²) in [6.07, 6.45) is 2.45. The molecule has 0 fully saturated rings. The summed E-state index contributed by atoms with van der Waals surface area (Å²) in [6.45, 7) is 8.45. The van der Waals surface area contributed by atoms with Crippen LogP contribution in [0.2, 0.25) is 0 Å². The summed E-state index contributed by atoms with van der Waals surface area (Å²) in [4.78, 5) is 21.3. The van der Waals surface area contributed by atoms with Gasteiger partial charge in [0, 0.05) is 23.9 Å². The van der Waals surface area contributed by atoms with Crippen LogP contribution in [0.3, 0.4) is 0 Å². The number of benzene rings is 1. The van der Waals surface area contributed by atoms with Crippen LogP contribution in [0.4, 0.5) is 0 Å². The Morgan fingerprint density at radius 3 is 2.79 bits per heavy atom. The molecule has 2 aromatic heterocycles. The first-order valence-electron chi connectivity index (χ1n) is 9.77. The van der Waals surface area contributed by atoms with Crippen molar-refractivity contribution in [2.75, 3.05) is 6.54 Å². The van der Waals surface area contributed by atoms with Gasteiger partial charge in [-0.3, -0.25) is 14.5 Å². The zero-order valence-electron chi connectivity index (χ0n) is 17.2. The van der Waals surface area contributed by atoms with Crippen molar-refractivity contribution in [1.82, 2.24) is 25.1 Å². The number of hydrogen-bond acceptors (Lipinski definition) is 5. The minimum atomic E-state index is -0.0747. The lowest BCUT2D eigenvalue weighted by atomic mass is 10.0. The Hall–Kier alpha value is -3.22. The molecular formula is C22H25N5O2. The molecule has 1 amide bonds. The number of ether oxygens (including phenoxy) is 1. The van der Waals surface area contributed by atoms with Crippen LogP contribution in [0.15, 0.2) is 30.5 Å². The smallest absolute Gasteiger partial charge is 0.241 e. The largest absolute Gasteiger partial charge is 0.488 e. The lowest BCUT2D eigenvalue weighted by molar-refractivity contribution is -0.122. The third-order valence-electron chi connectivity index (χ3n) is 5.07. The molecule has 0 radical (unpaired) electrons. The van der Waals surface area contributed by atoms with E-state index in [1.165, 1.54) is 0 Å². The average molecular weight is 391 g/mol. The first kappa shape index (κ1) is 19.1. The molecule has 0 saturated heterocycles. The summed E-state index contributed by atoms with van der Waals surface area (Å²) in [5, 5.41) is 7.29. The van der Waals surface area contributed by atoms with E-state index in [1.807, 2.05) is 45.9 Å². The van der Waals surface area contributed by atoms with Crippen molar-refractivity contribution in [2.45, 2.75) is 46.8 Å².